The van der Waals surface area contributed by atoms with Crippen LogP contribution in [0, 0.1) is 11.3 Å². The van der Waals surface area contributed by atoms with E-state index >= 15 is 0 Å². The van der Waals surface area contributed by atoms with E-state index in [4.69, 9.17) is 4.74 Å². The highest BCUT2D eigenvalue weighted by molar-refractivity contribution is 5.94. The number of carbonyl (C=O) groups is 1. The van der Waals surface area contributed by atoms with Crippen molar-refractivity contribution in [2.45, 2.75) is 12.8 Å². The fourth-order valence-corrected chi connectivity index (χ4v) is 3.96. The van der Waals surface area contributed by atoms with Crippen LogP contribution in [0.4, 0.5) is 0 Å². The van der Waals surface area contributed by atoms with E-state index in [2.05, 4.69) is 17.0 Å². The summed E-state index contributed by atoms with van der Waals surface area (Å²) in [6, 6.07) is 0. The Morgan fingerprint density at radius 2 is 2.14 bits per heavy atom. The lowest BCUT2D eigenvalue weighted by Gasteiger charge is -2.41. The Morgan fingerprint density at radius 3 is 2.73 bits per heavy atom. The molecule has 1 aromatic heterocycles. The second-order valence-electron chi connectivity index (χ2n) is 6.91. The fourth-order valence-electron chi connectivity index (χ4n) is 3.96. The number of piperidine rings is 1. The molecule has 1 amide bonds. The van der Waals surface area contributed by atoms with Crippen molar-refractivity contribution in [2.24, 2.45) is 18.4 Å². The topological polar surface area (TPSA) is 50.6 Å². The number of hydrogen-bond donors (Lipinski definition) is 0. The van der Waals surface area contributed by atoms with Gasteiger partial charge in [0.05, 0.1) is 18.4 Å². The number of likely N-dealkylation sites (tertiary alicyclic amines) is 2. The Labute approximate surface area is 132 Å². The normalized spacial score (nSPS) is 25.0. The molecule has 22 heavy (non-hydrogen) atoms. The van der Waals surface area contributed by atoms with Gasteiger partial charge in [-0.1, -0.05) is 0 Å². The SMILES string of the molecule is COCC1CN(C(=O)c2cnn(C)c2)CC12CCN(C)CC2. The Balaban J connectivity index is 1.76. The van der Waals surface area contributed by atoms with Gasteiger partial charge in [-0.2, -0.15) is 5.10 Å². The van der Waals surface area contributed by atoms with Crippen LogP contribution in [0.2, 0.25) is 0 Å². The molecule has 1 spiro atoms. The van der Waals surface area contributed by atoms with E-state index in [1.807, 2.05) is 11.9 Å². The molecule has 1 atom stereocenters. The van der Waals surface area contributed by atoms with Gasteiger partial charge in [0, 0.05) is 39.4 Å². The van der Waals surface area contributed by atoms with Crippen molar-refractivity contribution in [3.05, 3.63) is 18.0 Å². The minimum Gasteiger partial charge on any atom is -0.384 e. The maximum absolute atomic E-state index is 12.7. The molecule has 0 aliphatic carbocycles. The zero-order chi connectivity index (χ0) is 15.7. The lowest BCUT2D eigenvalue weighted by atomic mass is 9.71. The van der Waals surface area contributed by atoms with Gasteiger partial charge in [0.2, 0.25) is 0 Å². The van der Waals surface area contributed by atoms with Crippen molar-refractivity contribution in [1.82, 2.24) is 19.6 Å². The Kier molecular flexibility index (Phi) is 4.23. The van der Waals surface area contributed by atoms with Crippen LogP contribution in [0.5, 0.6) is 0 Å². The summed E-state index contributed by atoms with van der Waals surface area (Å²) in [5, 5.41) is 4.12. The molecule has 3 rings (SSSR count). The minimum absolute atomic E-state index is 0.102. The predicted octanol–water partition coefficient (Wildman–Crippen LogP) is 0.851. The molecule has 2 aliphatic rings. The number of carbonyl (C=O) groups excluding carboxylic acids is 1. The number of rotatable bonds is 3. The van der Waals surface area contributed by atoms with Crippen molar-refractivity contribution in [3.63, 3.8) is 0 Å². The van der Waals surface area contributed by atoms with Gasteiger partial charge in [-0.3, -0.25) is 9.48 Å². The van der Waals surface area contributed by atoms with E-state index < -0.39 is 0 Å². The predicted molar refractivity (Wildman–Crippen MR) is 83.6 cm³/mol. The Hall–Kier alpha value is -1.40. The molecule has 2 fully saturated rings. The molecule has 0 N–H and O–H groups in total. The molecular formula is C16H26N4O2. The Bertz CT molecular complexity index is 534. The van der Waals surface area contributed by atoms with Gasteiger partial charge in [-0.05, 0) is 38.4 Å². The number of amides is 1. The highest BCUT2D eigenvalue weighted by atomic mass is 16.5. The second-order valence-corrected chi connectivity index (χ2v) is 6.91. The third-order valence-corrected chi connectivity index (χ3v) is 5.40. The summed E-state index contributed by atoms with van der Waals surface area (Å²) in [5.41, 5.74) is 0.907. The van der Waals surface area contributed by atoms with Crippen LogP contribution in [-0.4, -0.2) is 72.4 Å². The molecule has 6 heteroatoms. The van der Waals surface area contributed by atoms with Crippen LogP contribution >= 0.6 is 0 Å². The van der Waals surface area contributed by atoms with Gasteiger partial charge in [-0.25, -0.2) is 0 Å². The van der Waals surface area contributed by atoms with E-state index in [1.54, 1.807) is 24.2 Å². The van der Waals surface area contributed by atoms with Crippen molar-refractivity contribution >= 4 is 5.91 Å². The van der Waals surface area contributed by atoms with E-state index in [-0.39, 0.29) is 11.3 Å². The van der Waals surface area contributed by atoms with E-state index in [0.29, 0.717) is 11.5 Å². The van der Waals surface area contributed by atoms with Crippen molar-refractivity contribution < 1.29 is 9.53 Å². The molecule has 0 bridgehead atoms. The van der Waals surface area contributed by atoms with Gasteiger partial charge in [0.25, 0.3) is 5.91 Å². The average Bonchev–Trinajstić information content (AvgIpc) is 3.08. The minimum atomic E-state index is 0.102. The molecule has 2 aliphatic heterocycles. The zero-order valence-corrected chi connectivity index (χ0v) is 13.8. The molecule has 0 saturated carbocycles. The molecule has 1 unspecified atom stereocenters. The van der Waals surface area contributed by atoms with Crippen LogP contribution in [0.25, 0.3) is 0 Å². The number of aromatic nitrogens is 2. The fraction of sp³-hybridized carbons (Fsp3) is 0.750. The molecule has 6 nitrogen and oxygen atoms in total. The lowest BCUT2D eigenvalue weighted by molar-refractivity contribution is 0.0444. The summed E-state index contributed by atoms with van der Waals surface area (Å²) in [6.45, 7) is 4.60. The maximum atomic E-state index is 12.7. The number of nitrogens with zero attached hydrogens (tertiary/aromatic N) is 4. The van der Waals surface area contributed by atoms with Crippen molar-refractivity contribution in [1.29, 1.82) is 0 Å². The summed E-state index contributed by atoms with van der Waals surface area (Å²) in [5.74, 6) is 0.539. The van der Waals surface area contributed by atoms with Crippen LogP contribution in [0.1, 0.15) is 23.2 Å². The second kappa shape index (κ2) is 6.01. The summed E-state index contributed by atoms with van der Waals surface area (Å²) in [6.07, 6.45) is 5.75. The van der Waals surface area contributed by atoms with Gasteiger partial charge >= 0.3 is 0 Å². The maximum Gasteiger partial charge on any atom is 0.257 e. The first-order valence-electron chi connectivity index (χ1n) is 7.99. The first kappa shape index (κ1) is 15.5. The molecule has 122 valence electrons. The van der Waals surface area contributed by atoms with Crippen molar-refractivity contribution in [3.8, 4) is 0 Å². The van der Waals surface area contributed by atoms with E-state index in [1.165, 1.54) is 0 Å². The summed E-state index contributed by atoms with van der Waals surface area (Å²) < 4.78 is 7.13. The van der Waals surface area contributed by atoms with Crippen molar-refractivity contribution in [2.75, 3.05) is 46.9 Å². The Morgan fingerprint density at radius 1 is 1.41 bits per heavy atom. The van der Waals surface area contributed by atoms with Gasteiger partial charge in [0.1, 0.15) is 0 Å². The monoisotopic (exact) mass is 306 g/mol. The first-order valence-corrected chi connectivity index (χ1v) is 7.99. The molecule has 3 heterocycles. The first-order chi connectivity index (χ1) is 10.5. The van der Waals surface area contributed by atoms with E-state index in [9.17, 15) is 4.79 Å². The van der Waals surface area contributed by atoms with Crippen LogP contribution < -0.4 is 0 Å². The van der Waals surface area contributed by atoms with Gasteiger partial charge < -0.3 is 14.5 Å². The third kappa shape index (κ3) is 2.77. The van der Waals surface area contributed by atoms with Crippen LogP contribution in [-0.2, 0) is 11.8 Å². The summed E-state index contributed by atoms with van der Waals surface area (Å²) in [4.78, 5) is 17.1. The molecule has 2 saturated heterocycles. The third-order valence-electron chi connectivity index (χ3n) is 5.40. The van der Waals surface area contributed by atoms with Crippen LogP contribution in [0.3, 0.4) is 0 Å². The lowest BCUT2D eigenvalue weighted by Crippen LogP contribution is -2.44. The van der Waals surface area contributed by atoms with Gasteiger partial charge in [0.15, 0.2) is 0 Å². The molecular weight excluding hydrogens is 280 g/mol. The average molecular weight is 306 g/mol. The smallest absolute Gasteiger partial charge is 0.257 e. The summed E-state index contributed by atoms with van der Waals surface area (Å²) >= 11 is 0. The number of aryl methyl sites for hydroxylation is 1. The number of hydrogen-bond acceptors (Lipinski definition) is 4. The number of ether oxygens (including phenoxy) is 1. The largest absolute Gasteiger partial charge is 0.384 e. The molecule has 0 radical (unpaired) electrons. The highest BCUT2D eigenvalue weighted by Crippen LogP contribution is 2.44. The van der Waals surface area contributed by atoms with E-state index in [0.717, 1.165) is 45.6 Å². The number of methoxy groups -OCH3 is 1. The quantitative estimate of drug-likeness (QED) is 0.831. The summed E-state index contributed by atoms with van der Waals surface area (Å²) in [7, 11) is 5.77. The highest BCUT2D eigenvalue weighted by Gasteiger charge is 2.48. The standard InChI is InChI=1S/C16H26N4O2/c1-18-6-4-16(5-7-18)12-20(10-14(16)11-22-3)15(21)13-8-17-19(2)9-13/h8-9,14H,4-7,10-12H2,1-3H3. The van der Waals surface area contributed by atoms with Crippen LogP contribution in [0.15, 0.2) is 12.4 Å². The van der Waals surface area contributed by atoms with Gasteiger partial charge in [-0.15, -0.1) is 0 Å². The molecule has 1 aromatic rings. The zero-order valence-electron chi connectivity index (χ0n) is 13.8. The molecule has 0 aromatic carbocycles.